The number of aryl methyl sites for hydroxylation is 1. The number of carbonyl (C=O) groups excluding carboxylic acids is 1. The molecule has 0 aliphatic heterocycles. The van der Waals surface area contributed by atoms with E-state index in [0.717, 1.165) is 12.8 Å². The van der Waals surface area contributed by atoms with E-state index in [1.807, 2.05) is 25.1 Å². The van der Waals surface area contributed by atoms with Crippen LogP contribution in [0.2, 0.25) is 0 Å². The molecule has 1 amide bonds. The van der Waals surface area contributed by atoms with Gasteiger partial charge in [0.05, 0.1) is 5.25 Å². The van der Waals surface area contributed by atoms with Crippen LogP contribution < -0.4 is 11.2 Å². The van der Waals surface area contributed by atoms with Crippen LogP contribution in [0.3, 0.4) is 0 Å². The number of amides is 1. The Morgan fingerprint density at radius 1 is 1.14 bits per heavy atom. The molecule has 152 valence electrons. The summed E-state index contributed by atoms with van der Waals surface area (Å²) >= 11 is 1.23. The van der Waals surface area contributed by atoms with Gasteiger partial charge in [0.15, 0.2) is 5.82 Å². The number of carbonyl (C=O) groups is 1. The molecule has 2 atom stereocenters. The van der Waals surface area contributed by atoms with Crippen LogP contribution in [0.15, 0.2) is 59.8 Å². The zero-order valence-electron chi connectivity index (χ0n) is 16.4. The van der Waals surface area contributed by atoms with Gasteiger partial charge in [0.2, 0.25) is 11.1 Å². The van der Waals surface area contributed by atoms with Crippen molar-refractivity contribution in [2.24, 2.45) is 0 Å². The van der Waals surface area contributed by atoms with E-state index in [4.69, 9.17) is 5.84 Å². The summed E-state index contributed by atoms with van der Waals surface area (Å²) in [4.78, 5) is 12.5. The maximum atomic E-state index is 13.1. The molecule has 2 aromatic carbocycles. The predicted molar refractivity (Wildman–Crippen MR) is 113 cm³/mol. The van der Waals surface area contributed by atoms with Crippen molar-refractivity contribution < 1.29 is 9.18 Å². The summed E-state index contributed by atoms with van der Waals surface area (Å²) in [7, 11) is 0. The summed E-state index contributed by atoms with van der Waals surface area (Å²) in [6.07, 6.45) is 1.76. The number of halogens is 1. The van der Waals surface area contributed by atoms with Gasteiger partial charge < -0.3 is 11.2 Å². The van der Waals surface area contributed by atoms with Crippen LogP contribution in [-0.4, -0.2) is 32.1 Å². The van der Waals surface area contributed by atoms with Gasteiger partial charge in [-0.2, -0.15) is 0 Å². The molecule has 0 radical (unpaired) electrons. The first-order valence-electron chi connectivity index (χ1n) is 9.41. The van der Waals surface area contributed by atoms with Crippen molar-refractivity contribution in [3.8, 4) is 11.4 Å². The highest BCUT2D eigenvalue weighted by Crippen LogP contribution is 2.25. The summed E-state index contributed by atoms with van der Waals surface area (Å²) in [6.45, 7) is 3.80. The zero-order chi connectivity index (χ0) is 20.8. The van der Waals surface area contributed by atoms with Crippen LogP contribution in [0.4, 0.5) is 4.39 Å². The van der Waals surface area contributed by atoms with Crippen molar-refractivity contribution >= 4 is 17.7 Å². The van der Waals surface area contributed by atoms with Crippen molar-refractivity contribution in [2.45, 2.75) is 43.1 Å². The van der Waals surface area contributed by atoms with Crippen LogP contribution in [0.5, 0.6) is 0 Å². The third-order valence-corrected chi connectivity index (χ3v) is 5.57. The summed E-state index contributed by atoms with van der Waals surface area (Å²) < 4.78 is 14.4. The first-order chi connectivity index (χ1) is 13.9. The molecule has 29 heavy (non-hydrogen) atoms. The van der Waals surface area contributed by atoms with E-state index in [2.05, 4.69) is 27.6 Å². The van der Waals surface area contributed by atoms with Gasteiger partial charge in [-0.15, -0.1) is 10.2 Å². The third-order valence-electron chi connectivity index (χ3n) is 4.52. The monoisotopic (exact) mass is 413 g/mol. The quantitative estimate of drug-likeness (QED) is 0.437. The Labute approximate surface area is 173 Å². The van der Waals surface area contributed by atoms with Crippen LogP contribution in [0.25, 0.3) is 11.4 Å². The summed E-state index contributed by atoms with van der Waals surface area (Å²) in [5.74, 6) is 6.08. The molecule has 0 saturated carbocycles. The summed E-state index contributed by atoms with van der Waals surface area (Å²) in [5, 5.41) is 11.2. The number of nitrogens with two attached hydrogens (primary N) is 1. The van der Waals surface area contributed by atoms with Gasteiger partial charge in [-0.05, 0) is 56.5 Å². The molecule has 8 heteroatoms. The number of nitrogens with zero attached hydrogens (tertiary/aromatic N) is 3. The van der Waals surface area contributed by atoms with Gasteiger partial charge in [0, 0.05) is 11.6 Å². The number of rotatable bonds is 8. The van der Waals surface area contributed by atoms with Gasteiger partial charge in [-0.1, -0.05) is 42.1 Å². The van der Waals surface area contributed by atoms with E-state index in [1.165, 1.54) is 34.1 Å². The van der Waals surface area contributed by atoms with Crippen molar-refractivity contribution in [1.29, 1.82) is 0 Å². The topological polar surface area (TPSA) is 85.8 Å². The molecule has 0 aliphatic carbocycles. The van der Waals surface area contributed by atoms with Crippen LogP contribution in [0.1, 0.15) is 25.8 Å². The zero-order valence-corrected chi connectivity index (χ0v) is 17.2. The highest BCUT2D eigenvalue weighted by molar-refractivity contribution is 8.00. The number of nitrogens with one attached hydrogen (secondary N) is 1. The molecular weight excluding hydrogens is 389 g/mol. The van der Waals surface area contributed by atoms with Gasteiger partial charge in [-0.3, -0.25) is 4.79 Å². The Morgan fingerprint density at radius 2 is 1.83 bits per heavy atom. The second-order valence-electron chi connectivity index (χ2n) is 6.88. The fourth-order valence-electron chi connectivity index (χ4n) is 2.83. The number of aromatic nitrogens is 3. The number of benzene rings is 2. The minimum absolute atomic E-state index is 0.0521. The molecule has 0 spiro atoms. The third kappa shape index (κ3) is 5.57. The van der Waals surface area contributed by atoms with Gasteiger partial charge >= 0.3 is 0 Å². The minimum Gasteiger partial charge on any atom is -0.353 e. The maximum absolute atomic E-state index is 13.1. The van der Waals surface area contributed by atoms with E-state index in [-0.39, 0.29) is 23.0 Å². The molecule has 3 aromatic rings. The van der Waals surface area contributed by atoms with Crippen molar-refractivity contribution in [3.05, 3.63) is 66.0 Å². The average Bonchev–Trinajstić information content (AvgIpc) is 3.08. The summed E-state index contributed by atoms with van der Waals surface area (Å²) in [5.41, 5.74) is 1.90. The lowest BCUT2D eigenvalue weighted by Gasteiger charge is -2.17. The summed E-state index contributed by atoms with van der Waals surface area (Å²) in [6, 6.07) is 16.1. The molecule has 3 rings (SSSR count). The van der Waals surface area contributed by atoms with Crippen LogP contribution >= 0.6 is 11.8 Å². The smallest absolute Gasteiger partial charge is 0.233 e. The number of hydrogen-bond donors (Lipinski definition) is 2. The lowest BCUT2D eigenvalue weighted by Crippen LogP contribution is -2.38. The van der Waals surface area contributed by atoms with Crippen molar-refractivity contribution in [3.63, 3.8) is 0 Å². The largest absolute Gasteiger partial charge is 0.353 e. The van der Waals surface area contributed by atoms with E-state index in [1.54, 1.807) is 19.1 Å². The second kappa shape index (κ2) is 9.56. The second-order valence-corrected chi connectivity index (χ2v) is 8.19. The number of hydrogen-bond acceptors (Lipinski definition) is 5. The molecule has 0 fully saturated rings. The molecule has 3 N–H and O–H groups in total. The minimum atomic E-state index is -0.387. The standard InChI is InChI=1S/C21H24FN5OS/c1-14(8-9-16-6-4-3-5-7-16)24-20(28)15(2)29-21-26-25-19(27(21)23)17-10-12-18(22)13-11-17/h3-7,10-15H,8-9,23H2,1-2H3,(H,24,28). The lowest BCUT2D eigenvalue weighted by molar-refractivity contribution is -0.120. The average molecular weight is 414 g/mol. The van der Waals surface area contributed by atoms with E-state index >= 15 is 0 Å². The Kier molecular flexibility index (Phi) is 6.87. The Balaban J connectivity index is 1.55. The molecule has 0 saturated heterocycles. The first-order valence-corrected chi connectivity index (χ1v) is 10.3. The highest BCUT2D eigenvalue weighted by Gasteiger charge is 2.21. The van der Waals surface area contributed by atoms with Gasteiger partial charge in [0.25, 0.3) is 0 Å². The molecule has 6 nitrogen and oxygen atoms in total. The SMILES string of the molecule is CC(CCc1ccccc1)NC(=O)C(C)Sc1nnc(-c2ccc(F)cc2)n1N. The highest BCUT2D eigenvalue weighted by atomic mass is 32.2. The molecule has 0 aliphatic rings. The van der Waals surface area contributed by atoms with E-state index in [9.17, 15) is 9.18 Å². The molecule has 1 aromatic heterocycles. The van der Waals surface area contributed by atoms with Gasteiger partial charge in [-0.25, -0.2) is 9.07 Å². The molecule has 0 bridgehead atoms. The molecular formula is C21H24FN5OS. The molecule has 2 unspecified atom stereocenters. The Bertz CT molecular complexity index is 945. The van der Waals surface area contributed by atoms with E-state index < -0.39 is 0 Å². The Hall–Kier alpha value is -2.87. The maximum Gasteiger partial charge on any atom is 0.233 e. The number of thioether (sulfide) groups is 1. The van der Waals surface area contributed by atoms with Crippen molar-refractivity contribution in [1.82, 2.24) is 20.2 Å². The van der Waals surface area contributed by atoms with E-state index in [0.29, 0.717) is 16.5 Å². The van der Waals surface area contributed by atoms with Gasteiger partial charge in [0.1, 0.15) is 5.82 Å². The Morgan fingerprint density at radius 3 is 2.52 bits per heavy atom. The predicted octanol–water partition coefficient (Wildman–Crippen LogP) is 3.42. The number of nitrogen functional groups attached to an aromatic ring is 1. The fourth-order valence-corrected chi connectivity index (χ4v) is 3.60. The van der Waals surface area contributed by atoms with Crippen LogP contribution in [-0.2, 0) is 11.2 Å². The first kappa shape index (κ1) is 20.9. The molecule has 1 heterocycles. The van der Waals surface area contributed by atoms with Crippen molar-refractivity contribution in [2.75, 3.05) is 5.84 Å². The lowest BCUT2D eigenvalue weighted by atomic mass is 10.1. The van der Waals surface area contributed by atoms with Crippen LogP contribution in [0, 0.1) is 5.82 Å². The normalized spacial score (nSPS) is 13.1. The fraction of sp³-hybridized carbons (Fsp3) is 0.286.